The molecule has 4 heterocycles. The van der Waals surface area contributed by atoms with Crippen molar-refractivity contribution in [2.45, 2.75) is 60.0 Å². The number of piperidine rings is 1. The van der Waals surface area contributed by atoms with Crippen LogP contribution < -0.4 is 0 Å². The molecule has 0 aliphatic carbocycles. The van der Waals surface area contributed by atoms with Crippen molar-refractivity contribution >= 4 is 11.8 Å². The topological polar surface area (TPSA) is 21.8 Å². The van der Waals surface area contributed by atoms with Crippen LogP contribution in [0.15, 0.2) is 53.4 Å². The molecule has 140 valence electrons. The molecule has 4 aliphatic rings. The third-order valence-electron chi connectivity index (χ3n) is 7.29. The van der Waals surface area contributed by atoms with E-state index in [4.69, 9.17) is 9.47 Å². The van der Waals surface area contributed by atoms with E-state index in [1.54, 1.807) is 0 Å². The third-order valence-corrected chi connectivity index (χ3v) is 8.43. The lowest BCUT2D eigenvalue weighted by molar-refractivity contribution is -0.938. The maximum atomic E-state index is 6.93. The van der Waals surface area contributed by atoms with Gasteiger partial charge >= 0.3 is 0 Å². The first-order valence-electron chi connectivity index (χ1n) is 10.1. The van der Waals surface area contributed by atoms with Crippen LogP contribution in [-0.4, -0.2) is 49.0 Å². The first-order valence-corrected chi connectivity index (χ1v) is 11.1. The average molecular weight is 381 g/mol. The molecular formula is C23H26NO2S+. The summed E-state index contributed by atoms with van der Waals surface area (Å²) in [7, 11) is 4.77. The molecule has 27 heavy (non-hydrogen) atoms. The third kappa shape index (κ3) is 2.47. The summed E-state index contributed by atoms with van der Waals surface area (Å²) in [5, 5.41) is 0. The van der Waals surface area contributed by atoms with Crippen LogP contribution in [0.25, 0.3) is 0 Å². The molecule has 0 radical (unpaired) electrons. The predicted molar refractivity (Wildman–Crippen MR) is 107 cm³/mol. The quantitative estimate of drug-likeness (QED) is 0.577. The number of hydrogen-bond acceptors (Lipinski definition) is 3. The summed E-state index contributed by atoms with van der Waals surface area (Å²) < 4.78 is 14.0. The lowest BCUT2D eigenvalue weighted by atomic mass is 9.94. The Kier molecular flexibility index (Phi) is 3.59. The van der Waals surface area contributed by atoms with E-state index in [9.17, 15) is 0 Å². The number of fused-ring (bicyclic) bond motifs is 7. The van der Waals surface area contributed by atoms with Crippen LogP contribution in [0.1, 0.15) is 35.6 Å². The molecule has 0 amide bonds. The van der Waals surface area contributed by atoms with Gasteiger partial charge < -0.3 is 14.0 Å². The molecule has 0 N–H and O–H groups in total. The largest absolute Gasteiger partial charge is 0.365 e. The normalized spacial score (nSPS) is 37.7. The van der Waals surface area contributed by atoms with Crippen molar-refractivity contribution in [1.82, 2.24) is 0 Å². The molecule has 6 atom stereocenters. The number of likely N-dealkylation sites (N-methyl/N-ethyl adjacent to an activating group) is 1. The van der Waals surface area contributed by atoms with Gasteiger partial charge in [0.05, 0.1) is 20.2 Å². The van der Waals surface area contributed by atoms with Crippen LogP contribution >= 0.6 is 11.8 Å². The Labute approximate surface area is 165 Å². The summed E-state index contributed by atoms with van der Waals surface area (Å²) in [6, 6.07) is 18.8. The van der Waals surface area contributed by atoms with Crippen molar-refractivity contribution in [3.8, 4) is 0 Å². The Hall–Kier alpha value is -1.33. The molecular weight excluding hydrogens is 354 g/mol. The number of benzene rings is 2. The van der Waals surface area contributed by atoms with Gasteiger partial charge in [0.1, 0.15) is 30.4 Å². The maximum Gasteiger partial charge on any atom is 0.142 e. The maximum absolute atomic E-state index is 6.93. The summed E-state index contributed by atoms with van der Waals surface area (Å²) in [4.78, 5) is 1.36. The Balaban J connectivity index is 1.35. The minimum Gasteiger partial charge on any atom is -0.365 e. The van der Waals surface area contributed by atoms with Gasteiger partial charge in [0.2, 0.25) is 0 Å². The summed E-state index contributed by atoms with van der Waals surface area (Å²) in [5.41, 5.74) is 4.09. The molecule has 2 aromatic carbocycles. The summed E-state index contributed by atoms with van der Waals surface area (Å²) in [6.07, 6.45) is 3.53. The van der Waals surface area contributed by atoms with Gasteiger partial charge in [0, 0.05) is 23.5 Å². The molecule has 4 heteroatoms. The highest BCUT2D eigenvalue weighted by molar-refractivity contribution is 7.98. The molecule has 1 unspecified atom stereocenters. The smallest absolute Gasteiger partial charge is 0.142 e. The summed E-state index contributed by atoms with van der Waals surface area (Å²) in [5.74, 6) is 1.02. The second kappa shape index (κ2) is 5.84. The second-order valence-electron chi connectivity index (χ2n) is 8.96. The van der Waals surface area contributed by atoms with Gasteiger partial charge in [-0.25, -0.2) is 0 Å². The van der Waals surface area contributed by atoms with Crippen molar-refractivity contribution in [1.29, 1.82) is 0 Å². The van der Waals surface area contributed by atoms with Crippen LogP contribution in [0, 0.1) is 0 Å². The number of morpholine rings is 1. The molecule has 0 spiro atoms. The van der Waals surface area contributed by atoms with E-state index < -0.39 is 0 Å². The van der Waals surface area contributed by atoms with Gasteiger partial charge in [-0.3, -0.25) is 0 Å². The predicted octanol–water partition coefficient (Wildman–Crippen LogP) is 4.16. The van der Waals surface area contributed by atoms with Gasteiger partial charge in [0.25, 0.3) is 0 Å². The molecule has 3 fully saturated rings. The zero-order valence-electron chi connectivity index (χ0n) is 15.9. The zero-order valence-corrected chi connectivity index (χ0v) is 16.7. The van der Waals surface area contributed by atoms with Crippen LogP contribution in [0.4, 0.5) is 0 Å². The monoisotopic (exact) mass is 380 g/mol. The zero-order chi connectivity index (χ0) is 18.2. The van der Waals surface area contributed by atoms with Crippen LogP contribution in [0.3, 0.4) is 0 Å². The summed E-state index contributed by atoms with van der Waals surface area (Å²) >= 11 is 1.94. The standard InChI is InChI=1S/C23H26NO2S/c1-24(2)18-11-15(12-19(24)23-22(18)26-23)25-21-16-8-4-3-7-14(16)13-27-20-10-6-5-9-17(20)21/h3-10,15,18-19,21-23H,11-13H2,1-2H3/q+1/t15?,18-,19-,21-,22-,23+/m0/s1. The fourth-order valence-corrected chi connectivity index (χ4v) is 6.82. The lowest BCUT2D eigenvalue weighted by Crippen LogP contribution is -2.59. The first-order chi connectivity index (χ1) is 13.1. The fourth-order valence-electron chi connectivity index (χ4n) is 5.73. The molecule has 0 aromatic heterocycles. The molecule has 4 aliphatic heterocycles. The fraction of sp³-hybridized carbons (Fsp3) is 0.478. The Morgan fingerprint density at radius 3 is 2.37 bits per heavy atom. The molecule has 3 saturated heterocycles. The summed E-state index contributed by atoms with van der Waals surface area (Å²) in [6.45, 7) is 0. The highest BCUT2D eigenvalue weighted by atomic mass is 32.2. The molecule has 3 nitrogen and oxygen atoms in total. The SMILES string of the molecule is C[N+]1(C)[C@H]2CC(O[C@H]3c4ccccc4CSc4ccccc43)C[C@H]1[C@H]1O[C@H]12. The second-order valence-corrected chi connectivity index (χ2v) is 9.98. The first kappa shape index (κ1) is 16.6. The Bertz CT molecular complexity index is 830. The van der Waals surface area contributed by atoms with Gasteiger partial charge in [-0.1, -0.05) is 42.5 Å². The molecule has 6 rings (SSSR count). The Morgan fingerprint density at radius 2 is 1.59 bits per heavy atom. The van der Waals surface area contributed by atoms with E-state index in [1.807, 2.05) is 11.8 Å². The average Bonchev–Trinajstić information content (AvgIpc) is 3.44. The van der Waals surface area contributed by atoms with Crippen LogP contribution in [0.2, 0.25) is 0 Å². The number of thioether (sulfide) groups is 1. The van der Waals surface area contributed by atoms with Crippen molar-refractivity contribution in [2.24, 2.45) is 0 Å². The van der Waals surface area contributed by atoms with E-state index in [0.717, 1.165) is 23.1 Å². The van der Waals surface area contributed by atoms with Gasteiger partial charge in [-0.2, -0.15) is 0 Å². The van der Waals surface area contributed by atoms with E-state index in [-0.39, 0.29) is 6.10 Å². The highest BCUT2D eigenvalue weighted by Crippen LogP contribution is 2.53. The van der Waals surface area contributed by atoms with Crippen molar-refractivity contribution in [2.75, 3.05) is 14.1 Å². The number of ether oxygens (including phenoxy) is 2. The molecule has 2 bridgehead atoms. The van der Waals surface area contributed by atoms with E-state index in [1.165, 1.54) is 21.6 Å². The number of epoxide rings is 1. The highest BCUT2D eigenvalue weighted by Gasteiger charge is 2.70. The molecule has 2 aromatic rings. The van der Waals surface area contributed by atoms with Crippen molar-refractivity contribution < 1.29 is 14.0 Å². The van der Waals surface area contributed by atoms with Crippen molar-refractivity contribution in [3.63, 3.8) is 0 Å². The number of quaternary nitrogens is 1. The number of rotatable bonds is 2. The number of hydrogen-bond donors (Lipinski definition) is 0. The van der Waals surface area contributed by atoms with Crippen LogP contribution in [0.5, 0.6) is 0 Å². The lowest BCUT2D eigenvalue weighted by Gasteiger charge is -2.46. The van der Waals surface area contributed by atoms with Crippen LogP contribution in [-0.2, 0) is 15.2 Å². The van der Waals surface area contributed by atoms with E-state index in [0.29, 0.717) is 30.4 Å². The van der Waals surface area contributed by atoms with Crippen molar-refractivity contribution in [3.05, 3.63) is 65.2 Å². The van der Waals surface area contributed by atoms with E-state index in [2.05, 4.69) is 62.6 Å². The molecule has 0 saturated carbocycles. The van der Waals surface area contributed by atoms with E-state index >= 15 is 0 Å². The number of nitrogens with zero attached hydrogens (tertiary/aromatic N) is 1. The van der Waals surface area contributed by atoms with Gasteiger partial charge in [-0.05, 0) is 22.8 Å². The van der Waals surface area contributed by atoms with Gasteiger partial charge in [-0.15, -0.1) is 11.8 Å². The minimum atomic E-state index is 0.0442. The minimum absolute atomic E-state index is 0.0442. The van der Waals surface area contributed by atoms with Gasteiger partial charge in [0.15, 0.2) is 0 Å². The Morgan fingerprint density at radius 1 is 0.926 bits per heavy atom.